The third-order valence-corrected chi connectivity index (χ3v) is 3.12. The zero-order chi connectivity index (χ0) is 11.7. The molecule has 2 rings (SSSR count). The summed E-state index contributed by atoms with van der Waals surface area (Å²) < 4.78 is 5.24. The van der Waals surface area contributed by atoms with E-state index >= 15 is 0 Å². The highest BCUT2D eigenvalue weighted by molar-refractivity contribution is 5.78. The molecule has 0 aliphatic heterocycles. The van der Waals surface area contributed by atoms with Gasteiger partial charge >= 0.3 is 5.97 Å². The average Bonchev–Trinajstić information content (AvgIpc) is 2.62. The van der Waals surface area contributed by atoms with Gasteiger partial charge in [-0.05, 0) is 36.5 Å². The van der Waals surface area contributed by atoms with Crippen LogP contribution in [-0.4, -0.2) is 12.3 Å². The third-order valence-electron chi connectivity index (χ3n) is 3.12. The first kappa shape index (κ1) is 10.9. The molecule has 1 aliphatic rings. The minimum Gasteiger partial charge on any atom is -0.458 e. The standard InChI is InChI=1S/C13H14O3/c1-8-10(7-14)3-4-12-11(8)5-6-13(12)16-9(2)15/h3-4,7,13H,5-6H2,1-2H3. The van der Waals surface area contributed by atoms with E-state index in [2.05, 4.69) is 0 Å². The topological polar surface area (TPSA) is 43.4 Å². The average molecular weight is 218 g/mol. The molecule has 0 N–H and O–H groups in total. The lowest BCUT2D eigenvalue weighted by molar-refractivity contribution is -0.146. The van der Waals surface area contributed by atoms with E-state index in [1.807, 2.05) is 13.0 Å². The lowest BCUT2D eigenvalue weighted by atomic mass is 9.99. The van der Waals surface area contributed by atoms with Crippen molar-refractivity contribution in [3.8, 4) is 0 Å². The second kappa shape index (κ2) is 4.08. The normalized spacial score (nSPS) is 18.0. The van der Waals surface area contributed by atoms with Gasteiger partial charge in [0, 0.05) is 12.5 Å². The number of fused-ring (bicyclic) bond motifs is 1. The van der Waals surface area contributed by atoms with Crippen molar-refractivity contribution in [2.45, 2.75) is 32.8 Å². The third kappa shape index (κ3) is 1.73. The first-order chi connectivity index (χ1) is 7.63. The fourth-order valence-corrected chi connectivity index (χ4v) is 2.31. The molecule has 0 fully saturated rings. The molecule has 0 heterocycles. The van der Waals surface area contributed by atoms with Gasteiger partial charge in [0.2, 0.25) is 0 Å². The summed E-state index contributed by atoms with van der Waals surface area (Å²) in [6.07, 6.45) is 2.43. The lowest BCUT2D eigenvalue weighted by Crippen LogP contribution is -2.05. The van der Waals surface area contributed by atoms with E-state index in [4.69, 9.17) is 4.74 Å². The van der Waals surface area contributed by atoms with Gasteiger partial charge in [0.1, 0.15) is 12.4 Å². The smallest absolute Gasteiger partial charge is 0.303 e. The van der Waals surface area contributed by atoms with Crippen molar-refractivity contribution in [3.63, 3.8) is 0 Å². The number of aldehydes is 1. The number of hydrogen-bond donors (Lipinski definition) is 0. The molecular formula is C13H14O3. The maximum absolute atomic E-state index is 10.9. The van der Waals surface area contributed by atoms with E-state index in [9.17, 15) is 9.59 Å². The Morgan fingerprint density at radius 3 is 2.88 bits per heavy atom. The number of rotatable bonds is 2. The lowest BCUT2D eigenvalue weighted by Gasteiger charge is -2.12. The van der Waals surface area contributed by atoms with Crippen molar-refractivity contribution < 1.29 is 14.3 Å². The van der Waals surface area contributed by atoms with Gasteiger partial charge in [-0.2, -0.15) is 0 Å². The summed E-state index contributed by atoms with van der Waals surface area (Å²) in [5, 5.41) is 0. The fraction of sp³-hybridized carbons (Fsp3) is 0.385. The molecule has 1 unspecified atom stereocenters. The molecule has 0 aromatic heterocycles. The van der Waals surface area contributed by atoms with Crippen LogP contribution in [0.5, 0.6) is 0 Å². The van der Waals surface area contributed by atoms with Crippen LogP contribution in [0.3, 0.4) is 0 Å². The first-order valence-electron chi connectivity index (χ1n) is 5.38. The van der Waals surface area contributed by atoms with Crippen molar-refractivity contribution >= 4 is 12.3 Å². The van der Waals surface area contributed by atoms with Crippen molar-refractivity contribution in [3.05, 3.63) is 34.4 Å². The molecule has 3 nitrogen and oxygen atoms in total. The number of hydrogen-bond acceptors (Lipinski definition) is 3. The SMILES string of the molecule is CC(=O)OC1CCc2c1ccc(C=O)c2C. The highest BCUT2D eigenvalue weighted by Crippen LogP contribution is 2.36. The first-order valence-corrected chi connectivity index (χ1v) is 5.38. The van der Waals surface area contributed by atoms with E-state index in [0.29, 0.717) is 0 Å². The van der Waals surface area contributed by atoms with Crippen molar-refractivity contribution in [1.82, 2.24) is 0 Å². The van der Waals surface area contributed by atoms with Crippen LogP contribution < -0.4 is 0 Å². The summed E-state index contributed by atoms with van der Waals surface area (Å²) >= 11 is 0. The number of benzene rings is 1. The molecule has 1 atom stereocenters. The van der Waals surface area contributed by atoms with Crippen LogP contribution in [0.1, 0.15) is 46.5 Å². The number of esters is 1. The van der Waals surface area contributed by atoms with Crippen molar-refractivity contribution in [2.24, 2.45) is 0 Å². The molecular weight excluding hydrogens is 204 g/mol. The van der Waals surface area contributed by atoms with Crippen LogP contribution in [0.4, 0.5) is 0 Å². The predicted octanol–water partition coefficient (Wildman–Crippen LogP) is 2.36. The fourth-order valence-electron chi connectivity index (χ4n) is 2.31. The molecule has 0 amide bonds. The van der Waals surface area contributed by atoms with E-state index < -0.39 is 0 Å². The molecule has 0 saturated carbocycles. The van der Waals surface area contributed by atoms with Gasteiger partial charge < -0.3 is 4.74 Å². The summed E-state index contributed by atoms with van der Waals surface area (Å²) in [5.74, 6) is -0.255. The summed E-state index contributed by atoms with van der Waals surface area (Å²) in [7, 11) is 0. The second-order valence-corrected chi connectivity index (χ2v) is 4.10. The van der Waals surface area contributed by atoms with Crippen LogP contribution in [0.25, 0.3) is 0 Å². The maximum atomic E-state index is 10.9. The van der Waals surface area contributed by atoms with Gasteiger partial charge in [-0.25, -0.2) is 0 Å². The van der Waals surface area contributed by atoms with Crippen LogP contribution in [0, 0.1) is 6.92 Å². The van der Waals surface area contributed by atoms with Crippen molar-refractivity contribution in [2.75, 3.05) is 0 Å². The van der Waals surface area contributed by atoms with Gasteiger partial charge in [-0.15, -0.1) is 0 Å². The Labute approximate surface area is 94.4 Å². The molecule has 1 aromatic rings. The minimum atomic E-state index is -0.255. The Kier molecular flexibility index (Phi) is 2.77. The van der Waals surface area contributed by atoms with Gasteiger partial charge in [0.15, 0.2) is 0 Å². The summed E-state index contributed by atoms with van der Waals surface area (Å²) in [5.41, 5.74) is 3.96. The van der Waals surface area contributed by atoms with Gasteiger partial charge in [-0.1, -0.05) is 12.1 Å². The zero-order valence-corrected chi connectivity index (χ0v) is 9.45. The predicted molar refractivity (Wildman–Crippen MR) is 59.4 cm³/mol. The van der Waals surface area contributed by atoms with Gasteiger partial charge in [0.25, 0.3) is 0 Å². The quantitative estimate of drug-likeness (QED) is 0.565. The van der Waals surface area contributed by atoms with Crippen LogP contribution >= 0.6 is 0 Å². The number of carbonyl (C=O) groups excluding carboxylic acids is 2. The number of ether oxygens (including phenoxy) is 1. The Bertz CT molecular complexity index is 449. The minimum absolute atomic E-state index is 0.132. The van der Waals surface area contributed by atoms with E-state index in [1.54, 1.807) is 6.07 Å². The summed E-state index contributed by atoms with van der Waals surface area (Å²) in [6.45, 7) is 3.36. The van der Waals surface area contributed by atoms with Crippen LogP contribution in [0.2, 0.25) is 0 Å². The van der Waals surface area contributed by atoms with Crippen LogP contribution in [-0.2, 0) is 16.0 Å². The second-order valence-electron chi connectivity index (χ2n) is 4.10. The molecule has 16 heavy (non-hydrogen) atoms. The Balaban J connectivity index is 2.38. The van der Waals surface area contributed by atoms with Gasteiger partial charge in [0.05, 0.1) is 0 Å². The molecule has 0 bridgehead atoms. The molecule has 0 radical (unpaired) electrons. The zero-order valence-electron chi connectivity index (χ0n) is 9.45. The Morgan fingerprint density at radius 1 is 1.50 bits per heavy atom. The number of carbonyl (C=O) groups is 2. The molecule has 1 aromatic carbocycles. The Hall–Kier alpha value is -1.64. The van der Waals surface area contributed by atoms with Gasteiger partial charge in [-0.3, -0.25) is 9.59 Å². The summed E-state index contributed by atoms with van der Waals surface area (Å²) in [6, 6.07) is 3.69. The summed E-state index contributed by atoms with van der Waals surface area (Å²) in [4.78, 5) is 21.7. The highest BCUT2D eigenvalue weighted by atomic mass is 16.5. The molecule has 0 spiro atoms. The maximum Gasteiger partial charge on any atom is 0.303 e. The molecule has 0 saturated heterocycles. The molecule has 84 valence electrons. The van der Waals surface area contributed by atoms with E-state index in [-0.39, 0.29) is 12.1 Å². The molecule has 3 heteroatoms. The van der Waals surface area contributed by atoms with Crippen LogP contribution in [0.15, 0.2) is 12.1 Å². The Morgan fingerprint density at radius 2 is 2.25 bits per heavy atom. The van der Waals surface area contributed by atoms with Crippen molar-refractivity contribution in [1.29, 1.82) is 0 Å². The monoisotopic (exact) mass is 218 g/mol. The van der Waals surface area contributed by atoms with E-state index in [0.717, 1.165) is 41.4 Å². The highest BCUT2D eigenvalue weighted by Gasteiger charge is 2.26. The van der Waals surface area contributed by atoms with E-state index in [1.165, 1.54) is 6.92 Å². The molecule has 1 aliphatic carbocycles. The largest absolute Gasteiger partial charge is 0.458 e.